The van der Waals surface area contributed by atoms with Crippen LogP contribution in [0.5, 0.6) is 0 Å². The van der Waals surface area contributed by atoms with Crippen molar-refractivity contribution in [3.05, 3.63) is 101 Å². The van der Waals surface area contributed by atoms with Crippen molar-refractivity contribution in [2.45, 2.75) is 38.6 Å². The largest absolute Gasteiger partial charge is 0.454 e. The van der Waals surface area contributed by atoms with Gasteiger partial charge in [-0.15, -0.1) is 0 Å². The minimum absolute atomic E-state index is 0.252. The van der Waals surface area contributed by atoms with Crippen LogP contribution in [0.4, 0.5) is 5.69 Å². The van der Waals surface area contributed by atoms with E-state index in [2.05, 4.69) is 5.32 Å². The van der Waals surface area contributed by atoms with Crippen molar-refractivity contribution in [3.8, 4) is 0 Å². The monoisotopic (exact) mass is 522 g/mol. The van der Waals surface area contributed by atoms with E-state index in [0.29, 0.717) is 5.69 Å². The summed E-state index contributed by atoms with van der Waals surface area (Å²) < 4.78 is 5.40. The predicted molar refractivity (Wildman–Crippen MR) is 145 cm³/mol. The van der Waals surface area contributed by atoms with Gasteiger partial charge in [0, 0.05) is 17.5 Å². The summed E-state index contributed by atoms with van der Waals surface area (Å²) in [5.74, 6) is -3.99. The van der Waals surface area contributed by atoms with Crippen LogP contribution in [0.1, 0.15) is 53.5 Å². The van der Waals surface area contributed by atoms with Gasteiger partial charge in [0.05, 0.1) is 11.8 Å². The quantitative estimate of drug-likeness (QED) is 0.383. The molecule has 2 bridgehead atoms. The number of rotatable bonds is 6. The van der Waals surface area contributed by atoms with Gasteiger partial charge in [-0.1, -0.05) is 80.6 Å². The molecule has 0 radical (unpaired) electrons. The second-order valence-electron chi connectivity index (χ2n) is 11.0. The van der Waals surface area contributed by atoms with Gasteiger partial charge in [0.1, 0.15) is 6.04 Å². The Bertz CT molecular complexity index is 1400. The molecule has 1 N–H and O–H groups in total. The van der Waals surface area contributed by atoms with Crippen molar-refractivity contribution < 1.29 is 23.9 Å². The van der Waals surface area contributed by atoms with Crippen molar-refractivity contribution in [1.82, 2.24) is 4.90 Å². The molecule has 3 atom stereocenters. The number of likely N-dealkylation sites (tertiary alicyclic amines) is 1. The molecule has 3 aromatic carbocycles. The molecule has 3 amide bonds. The van der Waals surface area contributed by atoms with Gasteiger partial charge in [0.2, 0.25) is 11.8 Å². The topological polar surface area (TPSA) is 92.8 Å². The highest BCUT2D eigenvalue weighted by molar-refractivity contribution is 6.10. The van der Waals surface area contributed by atoms with Gasteiger partial charge in [-0.25, -0.2) is 4.79 Å². The highest BCUT2D eigenvalue weighted by Crippen LogP contribution is 2.61. The van der Waals surface area contributed by atoms with Crippen molar-refractivity contribution >= 4 is 29.4 Å². The molecule has 3 aliphatic carbocycles. The van der Waals surface area contributed by atoms with Gasteiger partial charge in [-0.3, -0.25) is 19.3 Å². The summed E-state index contributed by atoms with van der Waals surface area (Å²) in [5, 5.41) is 2.74. The number of amides is 3. The molecule has 4 aliphatic rings. The number of carbonyl (C=O) groups excluding carboxylic acids is 4. The maximum Gasteiger partial charge on any atom is 0.330 e. The van der Waals surface area contributed by atoms with E-state index in [1.807, 2.05) is 67.6 Å². The Morgan fingerprint density at radius 2 is 1.26 bits per heavy atom. The molecule has 1 aliphatic heterocycles. The molecule has 7 nitrogen and oxygen atoms in total. The first-order valence-corrected chi connectivity index (χ1v) is 13.4. The number of imide groups is 1. The third kappa shape index (κ3) is 3.87. The van der Waals surface area contributed by atoms with Crippen molar-refractivity contribution in [2.24, 2.45) is 17.8 Å². The molecule has 39 heavy (non-hydrogen) atoms. The number of ether oxygens (including phenoxy) is 1. The third-order valence-corrected chi connectivity index (χ3v) is 8.40. The summed E-state index contributed by atoms with van der Waals surface area (Å²) in [6, 6.07) is 22.2. The Hall–Kier alpha value is -4.26. The van der Waals surface area contributed by atoms with Crippen LogP contribution in [-0.2, 0) is 23.9 Å². The van der Waals surface area contributed by atoms with E-state index in [1.165, 1.54) is 0 Å². The van der Waals surface area contributed by atoms with E-state index in [1.54, 1.807) is 26.0 Å². The normalized spacial score (nSPS) is 23.2. The van der Waals surface area contributed by atoms with Crippen LogP contribution in [-0.4, -0.2) is 41.2 Å². The molecule has 7 heteroatoms. The van der Waals surface area contributed by atoms with Gasteiger partial charge in [-0.2, -0.15) is 0 Å². The highest BCUT2D eigenvalue weighted by atomic mass is 16.5. The standard InChI is InChI=1S/C32H30N2O5/c1-17(2)29(32(38)39-16-24(35)33-23-15-9-4-10-18(23)3)34-30(36)27-25-19-11-5-6-12-20(19)26(28(27)31(34)37)22-14-8-7-13-21(22)25/h4-15,17,25-29H,16H2,1-3H3,(H,33,35)/t25?,26?,27-,28-,29-/m0/s1. The number of aryl methyl sites for hydroxylation is 1. The molecule has 0 aromatic heterocycles. The van der Waals surface area contributed by atoms with Crippen LogP contribution in [0.3, 0.4) is 0 Å². The first-order valence-electron chi connectivity index (χ1n) is 13.4. The van der Waals surface area contributed by atoms with Crippen LogP contribution in [0.25, 0.3) is 0 Å². The number of esters is 1. The predicted octanol–water partition coefficient (Wildman–Crippen LogP) is 4.39. The average molecular weight is 523 g/mol. The van der Waals surface area contributed by atoms with Gasteiger partial charge in [0.15, 0.2) is 6.61 Å². The van der Waals surface area contributed by atoms with E-state index in [4.69, 9.17) is 4.74 Å². The van der Waals surface area contributed by atoms with Crippen molar-refractivity contribution in [3.63, 3.8) is 0 Å². The Morgan fingerprint density at radius 1 is 0.795 bits per heavy atom. The fraction of sp³-hybridized carbons (Fsp3) is 0.312. The number of para-hydroxylation sites is 1. The van der Waals surface area contributed by atoms with Crippen LogP contribution < -0.4 is 5.32 Å². The van der Waals surface area contributed by atoms with Gasteiger partial charge in [0.25, 0.3) is 5.91 Å². The second-order valence-corrected chi connectivity index (χ2v) is 11.0. The van der Waals surface area contributed by atoms with Crippen LogP contribution >= 0.6 is 0 Å². The maximum absolute atomic E-state index is 14.0. The average Bonchev–Trinajstić information content (AvgIpc) is 3.19. The fourth-order valence-corrected chi connectivity index (χ4v) is 6.77. The first kappa shape index (κ1) is 25.0. The third-order valence-electron chi connectivity index (χ3n) is 8.40. The Balaban J connectivity index is 1.27. The van der Waals surface area contributed by atoms with Crippen LogP contribution in [0, 0.1) is 24.7 Å². The zero-order chi connectivity index (χ0) is 27.4. The molecule has 0 spiro atoms. The zero-order valence-electron chi connectivity index (χ0n) is 22.1. The summed E-state index contributed by atoms with van der Waals surface area (Å²) >= 11 is 0. The number of nitrogens with one attached hydrogen (secondary N) is 1. The molecule has 0 saturated carbocycles. The van der Waals surface area contributed by atoms with E-state index >= 15 is 0 Å². The number of carbonyl (C=O) groups is 4. The molecule has 3 aromatic rings. The lowest BCUT2D eigenvalue weighted by Crippen LogP contribution is -2.49. The van der Waals surface area contributed by atoms with Gasteiger partial charge < -0.3 is 10.1 Å². The molecule has 0 unspecified atom stereocenters. The fourth-order valence-electron chi connectivity index (χ4n) is 6.77. The molecular weight excluding hydrogens is 492 g/mol. The summed E-state index contributed by atoms with van der Waals surface area (Å²) in [5.41, 5.74) is 5.79. The molecule has 198 valence electrons. The molecule has 1 saturated heterocycles. The van der Waals surface area contributed by atoms with Crippen LogP contribution in [0.2, 0.25) is 0 Å². The first-order chi connectivity index (χ1) is 18.8. The summed E-state index contributed by atoms with van der Waals surface area (Å²) in [7, 11) is 0. The van der Waals surface area contributed by atoms with Gasteiger partial charge in [-0.05, 0) is 46.7 Å². The summed E-state index contributed by atoms with van der Waals surface area (Å²) in [6.45, 7) is 4.91. The molecular formula is C32H30N2O5. The van der Waals surface area contributed by atoms with Crippen molar-refractivity contribution in [2.75, 3.05) is 11.9 Å². The summed E-state index contributed by atoms with van der Waals surface area (Å²) in [6.07, 6.45) is 0. The van der Waals surface area contributed by atoms with Crippen molar-refractivity contribution in [1.29, 1.82) is 0 Å². The lowest BCUT2D eigenvalue weighted by atomic mass is 9.55. The SMILES string of the molecule is Cc1ccccc1NC(=O)COC(=O)[C@H](C(C)C)N1C(=O)[C@H]2C3c4ccccc4C(c4ccccc43)[C@@H]2C1=O. The maximum atomic E-state index is 14.0. The number of anilines is 1. The van der Waals surface area contributed by atoms with Crippen LogP contribution in [0.15, 0.2) is 72.8 Å². The Morgan fingerprint density at radius 3 is 1.72 bits per heavy atom. The lowest BCUT2D eigenvalue weighted by Gasteiger charge is -2.45. The Labute approximate surface area is 227 Å². The van der Waals surface area contributed by atoms with E-state index in [9.17, 15) is 19.2 Å². The molecule has 1 fully saturated rings. The number of nitrogens with zero attached hydrogens (tertiary/aromatic N) is 1. The lowest BCUT2D eigenvalue weighted by molar-refractivity contribution is -0.162. The Kier molecular flexibility index (Phi) is 6.09. The number of hydrogen-bond acceptors (Lipinski definition) is 5. The zero-order valence-corrected chi connectivity index (χ0v) is 22.1. The smallest absolute Gasteiger partial charge is 0.330 e. The number of benzene rings is 3. The summed E-state index contributed by atoms with van der Waals surface area (Å²) in [4.78, 5) is 55.1. The second kappa shape index (κ2) is 9.49. The highest BCUT2D eigenvalue weighted by Gasteiger charge is 2.63. The van der Waals surface area contributed by atoms with E-state index in [0.717, 1.165) is 32.7 Å². The molecule has 1 heterocycles. The number of hydrogen-bond donors (Lipinski definition) is 1. The van der Waals surface area contributed by atoms with Gasteiger partial charge >= 0.3 is 5.97 Å². The minimum atomic E-state index is -1.12. The minimum Gasteiger partial charge on any atom is -0.454 e. The van der Waals surface area contributed by atoms with E-state index < -0.39 is 42.3 Å². The molecule has 7 rings (SSSR count). The van der Waals surface area contributed by atoms with E-state index in [-0.39, 0.29) is 23.7 Å².